The van der Waals surface area contributed by atoms with Gasteiger partial charge in [0.05, 0.1) is 11.3 Å². The monoisotopic (exact) mass is 239 g/mol. The Morgan fingerprint density at radius 2 is 1.76 bits per heavy atom. The van der Waals surface area contributed by atoms with E-state index in [9.17, 15) is 13.2 Å². The van der Waals surface area contributed by atoms with Gasteiger partial charge in [-0.3, -0.25) is 0 Å². The van der Waals surface area contributed by atoms with E-state index in [2.05, 4.69) is 9.97 Å². The molecule has 1 aromatic heterocycles. The van der Waals surface area contributed by atoms with Gasteiger partial charge in [0.15, 0.2) is 0 Å². The molecule has 1 heterocycles. The Morgan fingerprint density at radius 1 is 1.06 bits per heavy atom. The first kappa shape index (κ1) is 11.4. The maximum Gasteiger partial charge on any atom is 0.417 e. The molecule has 17 heavy (non-hydrogen) atoms. The molecule has 0 fully saturated rings. The van der Waals surface area contributed by atoms with E-state index in [0.717, 1.165) is 12.4 Å². The second-order valence-corrected chi connectivity index (χ2v) is 3.37. The third-order valence-corrected chi connectivity index (χ3v) is 2.20. The van der Waals surface area contributed by atoms with Crippen molar-refractivity contribution >= 4 is 5.82 Å². The van der Waals surface area contributed by atoms with Crippen LogP contribution < -0.4 is 5.73 Å². The first-order valence-corrected chi connectivity index (χ1v) is 4.72. The highest BCUT2D eigenvalue weighted by Gasteiger charge is 2.33. The zero-order valence-electron chi connectivity index (χ0n) is 8.57. The van der Waals surface area contributed by atoms with Gasteiger partial charge in [-0.1, -0.05) is 18.2 Å². The summed E-state index contributed by atoms with van der Waals surface area (Å²) in [4.78, 5) is 7.44. The summed E-state index contributed by atoms with van der Waals surface area (Å²) in [5.41, 5.74) is 4.84. The number of aromatic nitrogens is 2. The highest BCUT2D eigenvalue weighted by Crippen LogP contribution is 2.36. The molecule has 0 spiro atoms. The molecule has 88 valence electrons. The molecule has 0 radical (unpaired) electrons. The molecule has 0 aliphatic rings. The number of anilines is 1. The maximum atomic E-state index is 12.8. The molecule has 6 heteroatoms. The molecule has 2 rings (SSSR count). The number of nitrogens with two attached hydrogens (primary N) is 1. The number of benzene rings is 1. The molecule has 2 N–H and O–H groups in total. The summed E-state index contributed by atoms with van der Waals surface area (Å²) >= 11 is 0. The zero-order valence-corrected chi connectivity index (χ0v) is 8.57. The van der Waals surface area contributed by atoms with Crippen molar-refractivity contribution in [3.63, 3.8) is 0 Å². The Hall–Kier alpha value is -2.11. The third-order valence-electron chi connectivity index (χ3n) is 2.20. The topological polar surface area (TPSA) is 51.8 Å². The zero-order chi connectivity index (χ0) is 12.5. The molecule has 0 amide bonds. The van der Waals surface area contributed by atoms with Gasteiger partial charge in [0, 0.05) is 11.6 Å². The number of halogens is 3. The van der Waals surface area contributed by atoms with Crippen LogP contribution in [-0.4, -0.2) is 9.97 Å². The average molecular weight is 239 g/mol. The van der Waals surface area contributed by atoms with Crippen LogP contribution in [0.4, 0.5) is 19.0 Å². The number of hydrogen-bond acceptors (Lipinski definition) is 3. The molecule has 0 bridgehead atoms. The predicted octanol–water partition coefficient (Wildman–Crippen LogP) is 2.74. The summed E-state index contributed by atoms with van der Waals surface area (Å²) in [7, 11) is 0. The van der Waals surface area contributed by atoms with Gasteiger partial charge < -0.3 is 5.73 Å². The van der Waals surface area contributed by atoms with Crippen molar-refractivity contribution in [2.45, 2.75) is 6.18 Å². The van der Waals surface area contributed by atoms with Crippen LogP contribution >= 0.6 is 0 Å². The minimum atomic E-state index is -4.42. The van der Waals surface area contributed by atoms with E-state index >= 15 is 0 Å². The van der Waals surface area contributed by atoms with E-state index < -0.39 is 11.7 Å². The molecular weight excluding hydrogens is 231 g/mol. The molecule has 0 aliphatic carbocycles. The fourth-order valence-electron chi connectivity index (χ4n) is 1.47. The Morgan fingerprint density at radius 3 is 2.41 bits per heavy atom. The summed E-state index contributed by atoms with van der Waals surface area (Å²) < 4.78 is 38.3. The summed E-state index contributed by atoms with van der Waals surface area (Å²) in [6.07, 6.45) is -3.28. The van der Waals surface area contributed by atoms with Crippen LogP contribution in [0.3, 0.4) is 0 Å². The van der Waals surface area contributed by atoms with Gasteiger partial charge in [0.2, 0.25) is 0 Å². The molecule has 0 atom stereocenters. The maximum absolute atomic E-state index is 12.8. The van der Waals surface area contributed by atoms with E-state index in [1.807, 2.05) is 0 Å². The lowest BCUT2D eigenvalue weighted by molar-refractivity contribution is -0.137. The van der Waals surface area contributed by atoms with Gasteiger partial charge in [-0.05, 0) is 6.07 Å². The molecule has 1 aromatic carbocycles. The van der Waals surface area contributed by atoms with E-state index in [1.54, 1.807) is 0 Å². The number of nitrogens with zero attached hydrogens (tertiary/aromatic N) is 2. The Labute approximate surface area is 95.1 Å². The molecule has 0 saturated carbocycles. The van der Waals surface area contributed by atoms with Crippen LogP contribution in [0.1, 0.15) is 5.56 Å². The number of hydrogen-bond donors (Lipinski definition) is 1. The van der Waals surface area contributed by atoms with Crippen molar-refractivity contribution in [1.82, 2.24) is 9.97 Å². The normalized spacial score (nSPS) is 11.5. The van der Waals surface area contributed by atoms with E-state index in [-0.39, 0.29) is 17.1 Å². The molecule has 0 unspecified atom stereocenters. The quantitative estimate of drug-likeness (QED) is 0.832. The van der Waals surface area contributed by atoms with Crippen LogP contribution in [0.2, 0.25) is 0 Å². The van der Waals surface area contributed by atoms with Crippen molar-refractivity contribution in [3.05, 3.63) is 42.2 Å². The second-order valence-electron chi connectivity index (χ2n) is 3.37. The van der Waals surface area contributed by atoms with Crippen molar-refractivity contribution < 1.29 is 13.2 Å². The first-order valence-electron chi connectivity index (χ1n) is 4.72. The molecule has 2 aromatic rings. The number of nitrogen functional groups attached to an aromatic ring is 1. The van der Waals surface area contributed by atoms with Crippen molar-refractivity contribution in [2.24, 2.45) is 0 Å². The molecule has 3 nitrogen and oxygen atoms in total. The van der Waals surface area contributed by atoms with E-state index in [0.29, 0.717) is 0 Å². The minimum Gasteiger partial charge on any atom is -0.384 e. The number of rotatable bonds is 1. The van der Waals surface area contributed by atoms with Crippen molar-refractivity contribution in [1.29, 1.82) is 0 Å². The number of alkyl halides is 3. The predicted molar refractivity (Wildman–Crippen MR) is 56.9 cm³/mol. The van der Waals surface area contributed by atoms with Crippen molar-refractivity contribution in [3.8, 4) is 11.3 Å². The highest BCUT2D eigenvalue weighted by atomic mass is 19.4. The standard InChI is InChI=1S/C11H8F3N3/c12-11(13,14)8-4-2-1-3-7(8)9-5-10(15)17-6-16-9/h1-6H,(H2,15,16,17). The summed E-state index contributed by atoms with van der Waals surface area (Å²) in [5.74, 6) is 0.131. The van der Waals surface area contributed by atoms with Crippen LogP contribution in [0.15, 0.2) is 36.7 Å². The van der Waals surface area contributed by atoms with E-state index in [4.69, 9.17) is 5.73 Å². The van der Waals surface area contributed by atoms with Crippen molar-refractivity contribution in [2.75, 3.05) is 5.73 Å². The second kappa shape index (κ2) is 4.04. The molecule has 0 aliphatic heterocycles. The van der Waals surface area contributed by atoms with Gasteiger partial charge in [-0.25, -0.2) is 9.97 Å². The highest BCUT2D eigenvalue weighted by molar-refractivity contribution is 5.66. The molecule has 0 saturated heterocycles. The van der Waals surface area contributed by atoms with Crippen LogP contribution in [0.5, 0.6) is 0 Å². The fraction of sp³-hybridized carbons (Fsp3) is 0.0909. The Bertz CT molecular complexity index is 537. The van der Waals surface area contributed by atoms with Crippen LogP contribution in [-0.2, 0) is 6.18 Å². The van der Waals surface area contributed by atoms with Gasteiger partial charge in [0.1, 0.15) is 12.1 Å². The van der Waals surface area contributed by atoms with Crippen LogP contribution in [0, 0.1) is 0 Å². The van der Waals surface area contributed by atoms with Gasteiger partial charge in [0.25, 0.3) is 0 Å². The summed E-state index contributed by atoms with van der Waals surface area (Å²) in [5, 5.41) is 0. The Kier molecular flexibility index (Phi) is 2.71. The minimum absolute atomic E-state index is 0.00546. The SMILES string of the molecule is Nc1cc(-c2ccccc2C(F)(F)F)ncn1. The lowest BCUT2D eigenvalue weighted by atomic mass is 10.0. The largest absolute Gasteiger partial charge is 0.417 e. The van der Waals surface area contributed by atoms with E-state index in [1.165, 1.54) is 24.3 Å². The average Bonchev–Trinajstić information content (AvgIpc) is 2.28. The third kappa shape index (κ3) is 2.35. The lowest BCUT2D eigenvalue weighted by Crippen LogP contribution is -2.07. The van der Waals surface area contributed by atoms with Gasteiger partial charge >= 0.3 is 6.18 Å². The fourth-order valence-corrected chi connectivity index (χ4v) is 1.47. The van der Waals surface area contributed by atoms with Gasteiger partial charge in [-0.15, -0.1) is 0 Å². The van der Waals surface area contributed by atoms with Crippen LogP contribution in [0.25, 0.3) is 11.3 Å². The first-order chi connectivity index (χ1) is 7.98. The van der Waals surface area contributed by atoms with Gasteiger partial charge in [-0.2, -0.15) is 13.2 Å². The molecular formula is C11H8F3N3. The Balaban J connectivity index is 2.60. The summed E-state index contributed by atoms with van der Waals surface area (Å²) in [6, 6.07) is 6.52. The lowest BCUT2D eigenvalue weighted by Gasteiger charge is -2.11. The smallest absolute Gasteiger partial charge is 0.384 e. The summed E-state index contributed by atoms with van der Waals surface area (Å²) in [6.45, 7) is 0.